The number of hydrogen-bond donors (Lipinski definition) is 1. The van der Waals surface area contributed by atoms with E-state index in [0.717, 1.165) is 36.6 Å². The number of rotatable bonds is 17. The number of nitrogens with one attached hydrogen (secondary N) is 1. The third-order valence-electron chi connectivity index (χ3n) is 8.58. The van der Waals surface area contributed by atoms with E-state index in [4.69, 9.17) is 0 Å². The first-order valence-electron chi connectivity index (χ1n) is 17.2. The predicted molar refractivity (Wildman–Crippen MR) is 221 cm³/mol. The molecule has 0 unspecified atom stereocenters. The van der Waals surface area contributed by atoms with Crippen molar-refractivity contribution in [2.75, 3.05) is 50.6 Å². The minimum atomic E-state index is 0.985. The zero-order valence-corrected chi connectivity index (χ0v) is 31.6. The zero-order chi connectivity index (χ0) is 34.8. The highest BCUT2D eigenvalue weighted by Gasteiger charge is 2.08. The molecule has 6 heteroatoms. The van der Waals surface area contributed by atoms with Gasteiger partial charge in [-0.1, -0.05) is 101 Å². The fourth-order valence-corrected chi connectivity index (χ4v) is 7.66. The molecule has 4 nitrogen and oxygen atoms in total. The summed E-state index contributed by atoms with van der Waals surface area (Å²) in [6, 6.07) is 19.6. The number of para-hydroxylation sites is 1. The van der Waals surface area contributed by atoms with Crippen LogP contribution in [0.25, 0.3) is 23.1 Å². The Morgan fingerprint density at radius 1 is 0.918 bits per heavy atom. The Morgan fingerprint density at radius 2 is 1.67 bits per heavy atom. The molecule has 0 fully saturated rings. The van der Waals surface area contributed by atoms with E-state index in [9.17, 15) is 0 Å². The minimum Gasteiger partial charge on any atom is -0.394 e. The topological polar surface area (TPSA) is 22.4 Å². The second kappa shape index (κ2) is 20.4. The normalized spacial score (nSPS) is 14.9. The second-order valence-electron chi connectivity index (χ2n) is 12.2. The molecule has 1 aromatic heterocycles. The number of pyridine rings is 1. The summed E-state index contributed by atoms with van der Waals surface area (Å²) in [5.41, 5.74) is 9.72. The number of allylic oxidation sites excluding steroid dienone is 11. The number of hydrogen-bond acceptors (Lipinski definition) is 5. The van der Waals surface area contributed by atoms with E-state index in [1.165, 1.54) is 57.4 Å². The van der Waals surface area contributed by atoms with Gasteiger partial charge in [-0.25, -0.2) is 4.57 Å². The average Bonchev–Trinajstić information content (AvgIpc) is 3.13. The van der Waals surface area contributed by atoms with Crippen molar-refractivity contribution in [2.45, 2.75) is 26.2 Å². The Labute approximate surface area is 303 Å². The first-order valence-corrected chi connectivity index (χ1v) is 19.7. The molecule has 256 valence electrons. The summed E-state index contributed by atoms with van der Waals surface area (Å²) in [6.45, 7) is 8.37. The number of likely N-dealkylation sites (N-methyl/N-ethyl adjacent to an activating group) is 1. The van der Waals surface area contributed by atoms with Crippen LogP contribution in [-0.2, 0) is 7.05 Å². The van der Waals surface area contributed by atoms with Crippen LogP contribution in [0.1, 0.15) is 37.3 Å². The zero-order valence-electron chi connectivity index (χ0n) is 29.9. The van der Waals surface area contributed by atoms with Gasteiger partial charge in [0.15, 0.2) is 6.20 Å². The Hall–Kier alpha value is -4.13. The summed E-state index contributed by atoms with van der Waals surface area (Å²) >= 11 is 0. The van der Waals surface area contributed by atoms with Gasteiger partial charge >= 0.3 is 0 Å². The number of anilines is 1. The van der Waals surface area contributed by atoms with E-state index < -0.39 is 0 Å². The number of aromatic nitrogens is 1. The molecular formula is C43H53N4S2+. The lowest BCUT2D eigenvalue weighted by molar-refractivity contribution is -0.644. The molecule has 0 saturated heterocycles. The first-order chi connectivity index (χ1) is 23.9. The van der Waals surface area contributed by atoms with E-state index in [0.29, 0.717) is 0 Å². The van der Waals surface area contributed by atoms with Crippen molar-refractivity contribution >= 4 is 50.3 Å². The number of aryl methyl sites for hydroxylation is 1. The van der Waals surface area contributed by atoms with Crippen molar-refractivity contribution in [3.63, 3.8) is 0 Å². The van der Waals surface area contributed by atoms with Crippen molar-refractivity contribution in [1.82, 2.24) is 10.2 Å². The molecule has 1 heterocycles. The van der Waals surface area contributed by atoms with Gasteiger partial charge in [0, 0.05) is 69.3 Å². The van der Waals surface area contributed by atoms with Crippen LogP contribution in [0.2, 0.25) is 0 Å². The standard InChI is InChI=1S/C43H53N4S2/c1-7-40(24-18-35(2)17-22-38(27-29-44-3)37-13-9-8-10-14-37)45(4)31-33-48-49-34-32-46(5)41-25-20-36(21-26-41)19-23-39-28-30-47(6)43-16-12-11-15-42(39)43/h7,9,11-13,15-30,44H,2,8,10,14,31-34H2,1,3-6H3/q+1/b22-17+,24-18-,29-27-,38-37-,40-7+. The van der Waals surface area contributed by atoms with E-state index in [-0.39, 0.29) is 0 Å². The summed E-state index contributed by atoms with van der Waals surface area (Å²) in [5, 5.41) is 4.37. The molecule has 0 amide bonds. The van der Waals surface area contributed by atoms with Crippen LogP contribution >= 0.6 is 21.6 Å². The molecular weight excluding hydrogens is 637 g/mol. The van der Waals surface area contributed by atoms with Gasteiger partial charge in [-0.2, -0.15) is 0 Å². The van der Waals surface area contributed by atoms with Gasteiger partial charge in [0.2, 0.25) is 5.52 Å². The smallest absolute Gasteiger partial charge is 0.212 e. The maximum absolute atomic E-state index is 4.27. The molecule has 0 atom stereocenters. The van der Waals surface area contributed by atoms with Crippen molar-refractivity contribution in [1.29, 1.82) is 0 Å². The van der Waals surface area contributed by atoms with Crippen LogP contribution in [0.3, 0.4) is 0 Å². The highest BCUT2D eigenvalue weighted by atomic mass is 33.1. The summed E-state index contributed by atoms with van der Waals surface area (Å²) in [4.78, 5) is 4.66. The molecule has 3 aromatic rings. The van der Waals surface area contributed by atoms with Crippen molar-refractivity contribution < 1.29 is 4.57 Å². The number of fused-ring (bicyclic) bond motifs is 1. The van der Waals surface area contributed by atoms with Gasteiger partial charge < -0.3 is 15.1 Å². The lowest BCUT2D eigenvalue weighted by Crippen LogP contribution is -2.28. The monoisotopic (exact) mass is 689 g/mol. The summed E-state index contributed by atoms with van der Waals surface area (Å²) in [6.07, 6.45) is 29.4. The summed E-state index contributed by atoms with van der Waals surface area (Å²) < 4.78 is 2.17. The Bertz CT molecular complexity index is 1740. The predicted octanol–water partition coefficient (Wildman–Crippen LogP) is 9.93. The van der Waals surface area contributed by atoms with Crippen molar-refractivity contribution in [3.05, 3.63) is 156 Å². The molecule has 0 saturated carbocycles. The Morgan fingerprint density at radius 3 is 2.41 bits per heavy atom. The van der Waals surface area contributed by atoms with Crippen molar-refractivity contribution in [2.24, 2.45) is 7.05 Å². The third-order valence-corrected chi connectivity index (χ3v) is 10.9. The molecule has 0 aliphatic heterocycles. The van der Waals surface area contributed by atoms with Gasteiger partial charge in [-0.15, -0.1) is 0 Å². The Kier molecular flexibility index (Phi) is 15.7. The van der Waals surface area contributed by atoms with E-state index in [2.05, 4.69) is 176 Å². The van der Waals surface area contributed by atoms with Crippen LogP contribution in [0, 0.1) is 0 Å². The molecule has 2 aromatic carbocycles. The van der Waals surface area contributed by atoms with Gasteiger partial charge in [0.05, 0.1) is 5.39 Å². The maximum atomic E-state index is 4.27. The maximum Gasteiger partial charge on any atom is 0.212 e. The van der Waals surface area contributed by atoms with Crippen LogP contribution in [0.5, 0.6) is 0 Å². The minimum absolute atomic E-state index is 0.985. The van der Waals surface area contributed by atoms with E-state index >= 15 is 0 Å². The van der Waals surface area contributed by atoms with Crippen LogP contribution in [-0.4, -0.2) is 50.6 Å². The molecule has 1 aliphatic carbocycles. The van der Waals surface area contributed by atoms with Crippen LogP contribution in [0.4, 0.5) is 5.69 Å². The van der Waals surface area contributed by atoms with Crippen LogP contribution in [0.15, 0.2) is 145 Å². The van der Waals surface area contributed by atoms with Crippen molar-refractivity contribution in [3.8, 4) is 0 Å². The van der Waals surface area contributed by atoms with Crippen LogP contribution < -0.4 is 14.8 Å². The quantitative estimate of drug-likeness (QED) is 0.0658. The largest absolute Gasteiger partial charge is 0.394 e. The Balaban J connectivity index is 1.17. The molecule has 0 bridgehead atoms. The number of nitrogens with zero attached hydrogens (tertiary/aromatic N) is 3. The summed E-state index contributed by atoms with van der Waals surface area (Å²) in [7, 11) is 12.3. The van der Waals surface area contributed by atoms with Gasteiger partial charge in [-0.3, -0.25) is 0 Å². The third kappa shape index (κ3) is 12.1. The fraction of sp³-hybridized carbons (Fsp3) is 0.279. The van der Waals surface area contributed by atoms with Gasteiger partial charge in [0.1, 0.15) is 7.05 Å². The average molecular weight is 690 g/mol. The SMILES string of the molecule is C=C(/C=C\C(=C/C)N(C)CCSSCCN(C)c1ccc(/C=C/c2cc[n+](C)c3ccccc23)cc1)/C=C/C(/C=C\NC)=C1\C=CCCC1. The molecule has 4 rings (SSSR count). The second-order valence-corrected chi connectivity index (χ2v) is 14.9. The molecule has 1 aliphatic rings. The summed E-state index contributed by atoms with van der Waals surface area (Å²) in [5.74, 6) is 2.14. The highest BCUT2D eigenvalue weighted by molar-refractivity contribution is 8.76. The number of benzene rings is 2. The van der Waals surface area contributed by atoms with E-state index in [1.807, 2.05) is 34.8 Å². The molecule has 1 N–H and O–H groups in total. The molecule has 49 heavy (non-hydrogen) atoms. The first kappa shape index (κ1) is 37.7. The molecule has 0 spiro atoms. The lowest BCUT2D eigenvalue weighted by atomic mass is 9.96. The van der Waals surface area contributed by atoms with E-state index in [1.54, 1.807) is 0 Å². The van der Waals surface area contributed by atoms with Gasteiger partial charge in [0.25, 0.3) is 0 Å². The lowest BCUT2D eigenvalue weighted by Gasteiger charge is -2.21. The fourth-order valence-electron chi connectivity index (χ4n) is 5.57. The van der Waals surface area contributed by atoms with Gasteiger partial charge in [-0.05, 0) is 90.6 Å². The highest BCUT2D eigenvalue weighted by Crippen LogP contribution is 2.24. The molecule has 0 radical (unpaired) electrons.